The maximum atomic E-state index is 12.2. The fourth-order valence-electron chi connectivity index (χ4n) is 2.59. The van der Waals surface area contributed by atoms with Gasteiger partial charge in [-0.15, -0.1) is 0 Å². The molecule has 0 bridgehead atoms. The number of nitrogens with zero attached hydrogens (tertiary/aromatic N) is 2. The van der Waals surface area contributed by atoms with Crippen molar-refractivity contribution in [2.24, 2.45) is 11.3 Å². The molecule has 0 aliphatic heterocycles. The molecule has 1 amide bonds. The first-order valence-electron chi connectivity index (χ1n) is 6.33. The minimum atomic E-state index is -0.820. The highest BCUT2D eigenvalue weighted by atomic mass is 16.2. The van der Waals surface area contributed by atoms with E-state index in [0.717, 1.165) is 12.2 Å². The van der Waals surface area contributed by atoms with Crippen molar-refractivity contribution < 1.29 is 4.79 Å². The molecule has 1 aliphatic rings. The molecule has 0 spiro atoms. The first kappa shape index (κ1) is 12.6. The standard InChI is InChI=1S/C13H18N4O/c1-3-10(11-15-4-5-16-11)17-12(18)13(8-14)6-9(2)7-13/h4-5,9-10H,3,6-7H2,1-2H3,(H,15,16)(H,17,18). The van der Waals surface area contributed by atoms with E-state index in [1.165, 1.54) is 0 Å². The third-order valence-corrected chi connectivity index (χ3v) is 3.61. The van der Waals surface area contributed by atoms with Gasteiger partial charge in [-0.05, 0) is 25.2 Å². The Labute approximate surface area is 107 Å². The maximum Gasteiger partial charge on any atom is 0.241 e. The van der Waals surface area contributed by atoms with Crippen LogP contribution in [0.3, 0.4) is 0 Å². The van der Waals surface area contributed by atoms with Crippen LogP contribution in [0.1, 0.15) is 45.0 Å². The third-order valence-electron chi connectivity index (χ3n) is 3.61. The van der Waals surface area contributed by atoms with E-state index in [9.17, 15) is 10.1 Å². The Morgan fingerprint density at radius 2 is 2.50 bits per heavy atom. The van der Waals surface area contributed by atoms with E-state index < -0.39 is 5.41 Å². The Balaban J connectivity index is 2.05. The normalized spacial score (nSPS) is 27.9. The highest BCUT2D eigenvalue weighted by Crippen LogP contribution is 2.45. The van der Waals surface area contributed by atoms with Crippen LogP contribution in [0.5, 0.6) is 0 Å². The third kappa shape index (κ3) is 2.10. The summed E-state index contributed by atoms with van der Waals surface area (Å²) in [5, 5.41) is 12.1. The monoisotopic (exact) mass is 246 g/mol. The van der Waals surface area contributed by atoms with Crippen molar-refractivity contribution in [3.8, 4) is 6.07 Å². The largest absolute Gasteiger partial charge is 0.347 e. The number of nitriles is 1. The van der Waals surface area contributed by atoms with Crippen molar-refractivity contribution in [1.29, 1.82) is 5.26 Å². The van der Waals surface area contributed by atoms with Gasteiger partial charge < -0.3 is 10.3 Å². The molecule has 5 heteroatoms. The first-order valence-corrected chi connectivity index (χ1v) is 6.33. The predicted octanol–water partition coefficient (Wildman–Crippen LogP) is 1.92. The van der Waals surface area contributed by atoms with Crippen LogP contribution in [-0.4, -0.2) is 15.9 Å². The van der Waals surface area contributed by atoms with E-state index in [1.54, 1.807) is 12.4 Å². The number of carbonyl (C=O) groups excluding carboxylic acids is 1. The van der Waals surface area contributed by atoms with E-state index in [-0.39, 0.29) is 11.9 Å². The lowest BCUT2D eigenvalue weighted by molar-refractivity contribution is -0.134. The molecule has 0 aromatic carbocycles. The molecule has 0 saturated heterocycles. The number of hydrogen-bond donors (Lipinski definition) is 2. The number of imidazole rings is 1. The summed E-state index contributed by atoms with van der Waals surface area (Å²) in [4.78, 5) is 19.4. The SMILES string of the molecule is CCC(NC(=O)C1(C#N)CC(C)C1)c1ncc[nH]1. The topological polar surface area (TPSA) is 81.6 Å². The number of hydrogen-bond acceptors (Lipinski definition) is 3. The predicted molar refractivity (Wildman–Crippen MR) is 66.2 cm³/mol. The second-order valence-electron chi connectivity index (χ2n) is 5.12. The van der Waals surface area contributed by atoms with Gasteiger partial charge in [0.05, 0.1) is 12.1 Å². The molecular formula is C13H18N4O. The molecule has 2 rings (SSSR count). The van der Waals surface area contributed by atoms with Gasteiger partial charge in [-0.1, -0.05) is 13.8 Å². The minimum absolute atomic E-state index is 0.145. The summed E-state index contributed by atoms with van der Waals surface area (Å²) in [6, 6.07) is 2.03. The number of aromatic amines is 1. The molecule has 1 fully saturated rings. The van der Waals surface area contributed by atoms with Crippen LogP contribution in [0.2, 0.25) is 0 Å². The molecule has 5 nitrogen and oxygen atoms in total. The fraction of sp³-hybridized carbons (Fsp3) is 0.615. The summed E-state index contributed by atoms with van der Waals surface area (Å²) in [6.07, 6.45) is 5.45. The summed E-state index contributed by atoms with van der Waals surface area (Å²) in [5.74, 6) is 1.04. The summed E-state index contributed by atoms with van der Waals surface area (Å²) in [7, 11) is 0. The van der Waals surface area contributed by atoms with Gasteiger partial charge in [0, 0.05) is 12.4 Å². The Kier molecular flexibility index (Phi) is 3.37. The molecule has 1 aliphatic carbocycles. The number of amides is 1. The fourth-order valence-corrected chi connectivity index (χ4v) is 2.59. The van der Waals surface area contributed by atoms with Crippen molar-refractivity contribution in [2.45, 2.75) is 39.2 Å². The van der Waals surface area contributed by atoms with E-state index in [0.29, 0.717) is 18.8 Å². The van der Waals surface area contributed by atoms with Gasteiger partial charge in [-0.3, -0.25) is 4.79 Å². The van der Waals surface area contributed by atoms with Crippen LogP contribution < -0.4 is 5.32 Å². The highest BCUT2D eigenvalue weighted by molar-refractivity contribution is 5.86. The molecule has 0 radical (unpaired) electrons. The number of aromatic nitrogens is 2. The average molecular weight is 246 g/mol. The van der Waals surface area contributed by atoms with Crippen molar-refractivity contribution in [3.05, 3.63) is 18.2 Å². The van der Waals surface area contributed by atoms with Gasteiger partial charge in [0.1, 0.15) is 11.2 Å². The van der Waals surface area contributed by atoms with Crippen LogP contribution in [0.25, 0.3) is 0 Å². The zero-order chi connectivity index (χ0) is 13.2. The van der Waals surface area contributed by atoms with Gasteiger partial charge >= 0.3 is 0 Å². The van der Waals surface area contributed by atoms with Crippen molar-refractivity contribution in [3.63, 3.8) is 0 Å². The van der Waals surface area contributed by atoms with E-state index in [2.05, 4.69) is 28.3 Å². The smallest absolute Gasteiger partial charge is 0.241 e. The van der Waals surface area contributed by atoms with Gasteiger partial charge in [0.25, 0.3) is 0 Å². The van der Waals surface area contributed by atoms with E-state index in [4.69, 9.17) is 0 Å². The number of nitrogens with one attached hydrogen (secondary N) is 2. The molecule has 1 aromatic rings. The average Bonchev–Trinajstić information content (AvgIpc) is 2.84. The second-order valence-corrected chi connectivity index (χ2v) is 5.12. The highest BCUT2D eigenvalue weighted by Gasteiger charge is 2.49. The molecule has 1 saturated carbocycles. The zero-order valence-corrected chi connectivity index (χ0v) is 10.7. The molecule has 1 atom stereocenters. The van der Waals surface area contributed by atoms with Crippen LogP contribution in [0.15, 0.2) is 12.4 Å². The van der Waals surface area contributed by atoms with Gasteiger partial charge in [0.15, 0.2) is 0 Å². The minimum Gasteiger partial charge on any atom is -0.347 e. The number of carbonyl (C=O) groups is 1. The lowest BCUT2D eigenvalue weighted by atomic mass is 9.63. The molecule has 1 aromatic heterocycles. The summed E-state index contributed by atoms with van der Waals surface area (Å²) in [5.41, 5.74) is -0.820. The van der Waals surface area contributed by atoms with Gasteiger partial charge in [-0.25, -0.2) is 4.98 Å². The molecular weight excluding hydrogens is 228 g/mol. The molecule has 1 heterocycles. The van der Waals surface area contributed by atoms with Crippen molar-refractivity contribution in [1.82, 2.24) is 15.3 Å². The number of rotatable bonds is 4. The summed E-state index contributed by atoms with van der Waals surface area (Å²) in [6.45, 7) is 4.04. The molecule has 96 valence electrons. The molecule has 1 unspecified atom stereocenters. The van der Waals surface area contributed by atoms with Gasteiger partial charge in [0.2, 0.25) is 5.91 Å². The first-order chi connectivity index (χ1) is 8.61. The molecule has 18 heavy (non-hydrogen) atoms. The van der Waals surface area contributed by atoms with E-state index >= 15 is 0 Å². The van der Waals surface area contributed by atoms with Crippen LogP contribution in [0.4, 0.5) is 0 Å². The van der Waals surface area contributed by atoms with Crippen LogP contribution in [0, 0.1) is 22.7 Å². The Morgan fingerprint density at radius 3 is 2.94 bits per heavy atom. The van der Waals surface area contributed by atoms with Crippen LogP contribution in [-0.2, 0) is 4.79 Å². The Bertz CT molecular complexity index is 454. The van der Waals surface area contributed by atoms with Gasteiger partial charge in [-0.2, -0.15) is 5.26 Å². The van der Waals surface area contributed by atoms with E-state index in [1.807, 2.05) is 6.92 Å². The molecule has 2 N–H and O–H groups in total. The second kappa shape index (κ2) is 4.81. The van der Waals surface area contributed by atoms with Crippen LogP contribution >= 0.6 is 0 Å². The maximum absolute atomic E-state index is 12.2. The Hall–Kier alpha value is -1.83. The zero-order valence-electron chi connectivity index (χ0n) is 10.7. The number of H-pyrrole nitrogens is 1. The van der Waals surface area contributed by atoms with Crippen molar-refractivity contribution in [2.75, 3.05) is 0 Å². The quantitative estimate of drug-likeness (QED) is 0.851. The summed E-state index contributed by atoms with van der Waals surface area (Å²) < 4.78 is 0. The summed E-state index contributed by atoms with van der Waals surface area (Å²) >= 11 is 0. The Morgan fingerprint density at radius 1 is 1.78 bits per heavy atom. The lowest BCUT2D eigenvalue weighted by Crippen LogP contribution is -2.49. The lowest BCUT2D eigenvalue weighted by Gasteiger charge is -2.39. The van der Waals surface area contributed by atoms with Crippen molar-refractivity contribution >= 4 is 5.91 Å².